The standard InChI is InChI=1S/C24H31F4N5O2/c1-13(2)29-12-16(15-4-5-17(18(25)11-15)24(26,27)28)23(35)33-8-6-32(7-9-33)22-20-14(3)10-19(34)21(20)30-31-22/h4-5,11,13-14,16,19,29,34H,6-10,12H2,1-3H3,(H,30,31)/t14-,16-,19+/m1/s1. The van der Waals surface area contributed by atoms with Crippen molar-refractivity contribution in [1.29, 1.82) is 0 Å². The molecule has 4 rings (SSSR count). The molecule has 1 saturated heterocycles. The maximum absolute atomic E-state index is 14.3. The monoisotopic (exact) mass is 497 g/mol. The average Bonchev–Trinajstić information content (AvgIpc) is 3.34. The third-order valence-corrected chi connectivity index (χ3v) is 6.84. The first-order valence-corrected chi connectivity index (χ1v) is 11.9. The molecule has 2 aliphatic rings. The zero-order chi connectivity index (χ0) is 25.5. The number of nitrogens with one attached hydrogen (secondary N) is 2. The number of aromatic nitrogens is 2. The quantitative estimate of drug-likeness (QED) is 0.532. The minimum Gasteiger partial charge on any atom is -0.387 e. The highest BCUT2D eigenvalue weighted by molar-refractivity contribution is 5.84. The Labute approximate surface area is 201 Å². The Kier molecular flexibility index (Phi) is 7.10. The number of aromatic amines is 1. The van der Waals surface area contributed by atoms with E-state index in [9.17, 15) is 27.5 Å². The molecule has 0 spiro atoms. The molecule has 1 aliphatic heterocycles. The van der Waals surface area contributed by atoms with Crippen LogP contribution in [-0.4, -0.2) is 64.9 Å². The second-order valence-corrected chi connectivity index (χ2v) is 9.69. The highest BCUT2D eigenvalue weighted by Gasteiger charge is 2.37. The number of aliphatic hydroxyl groups excluding tert-OH is 1. The molecule has 1 amide bonds. The van der Waals surface area contributed by atoms with Gasteiger partial charge in [0.2, 0.25) is 5.91 Å². The summed E-state index contributed by atoms with van der Waals surface area (Å²) in [5, 5.41) is 20.7. The van der Waals surface area contributed by atoms with E-state index in [0.717, 1.165) is 23.1 Å². The van der Waals surface area contributed by atoms with Gasteiger partial charge in [-0.25, -0.2) is 4.39 Å². The van der Waals surface area contributed by atoms with Crippen molar-refractivity contribution in [2.45, 2.75) is 57.3 Å². The summed E-state index contributed by atoms with van der Waals surface area (Å²) < 4.78 is 53.3. The molecule has 0 bridgehead atoms. The highest BCUT2D eigenvalue weighted by atomic mass is 19.4. The van der Waals surface area contributed by atoms with Crippen molar-refractivity contribution in [3.63, 3.8) is 0 Å². The van der Waals surface area contributed by atoms with Crippen LogP contribution >= 0.6 is 0 Å². The number of aliphatic hydroxyl groups is 1. The highest BCUT2D eigenvalue weighted by Crippen LogP contribution is 2.43. The molecule has 0 radical (unpaired) electrons. The number of alkyl halides is 3. The predicted octanol–water partition coefficient (Wildman–Crippen LogP) is 3.54. The van der Waals surface area contributed by atoms with Crippen LogP contribution < -0.4 is 10.2 Å². The van der Waals surface area contributed by atoms with E-state index < -0.39 is 29.6 Å². The summed E-state index contributed by atoms with van der Waals surface area (Å²) in [5.41, 5.74) is 0.624. The van der Waals surface area contributed by atoms with Gasteiger partial charge in [-0.3, -0.25) is 9.89 Å². The molecule has 3 N–H and O–H groups in total. The molecule has 3 atom stereocenters. The maximum atomic E-state index is 14.3. The smallest absolute Gasteiger partial charge is 0.387 e. The van der Waals surface area contributed by atoms with Gasteiger partial charge in [-0.05, 0) is 30.0 Å². The molecule has 192 valence electrons. The van der Waals surface area contributed by atoms with Gasteiger partial charge in [0.25, 0.3) is 0 Å². The Balaban J connectivity index is 1.49. The molecular formula is C24H31F4N5O2. The summed E-state index contributed by atoms with van der Waals surface area (Å²) in [7, 11) is 0. The van der Waals surface area contributed by atoms with Gasteiger partial charge in [-0.1, -0.05) is 26.8 Å². The fraction of sp³-hybridized carbons (Fsp3) is 0.583. The van der Waals surface area contributed by atoms with Crippen molar-refractivity contribution in [1.82, 2.24) is 20.4 Å². The number of benzene rings is 1. The number of fused-ring (bicyclic) bond motifs is 1. The zero-order valence-electron chi connectivity index (χ0n) is 20.0. The average molecular weight is 498 g/mol. The van der Waals surface area contributed by atoms with E-state index in [0.29, 0.717) is 38.7 Å². The van der Waals surface area contributed by atoms with Crippen LogP contribution in [0.3, 0.4) is 0 Å². The van der Waals surface area contributed by atoms with Crippen LogP contribution in [0.4, 0.5) is 23.4 Å². The van der Waals surface area contributed by atoms with Crippen molar-refractivity contribution in [3.05, 3.63) is 46.4 Å². The third-order valence-electron chi connectivity index (χ3n) is 6.84. The van der Waals surface area contributed by atoms with Gasteiger partial charge in [0.05, 0.1) is 23.3 Å². The molecule has 2 heterocycles. The number of nitrogens with zero attached hydrogens (tertiary/aromatic N) is 3. The first kappa shape index (κ1) is 25.4. The number of piperazine rings is 1. The molecule has 1 aromatic carbocycles. The van der Waals surface area contributed by atoms with E-state index in [1.54, 1.807) is 4.90 Å². The molecule has 0 saturated carbocycles. The second kappa shape index (κ2) is 9.77. The lowest BCUT2D eigenvalue weighted by molar-refractivity contribution is -0.140. The SMILES string of the molecule is CC(C)NC[C@@H](C(=O)N1CCN(c2n[nH]c3c2[C@H](C)C[C@@H]3O)CC1)c1ccc(C(F)(F)F)c(F)c1. The van der Waals surface area contributed by atoms with E-state index >= 15 is 0 Å². The number of carbonyl (C=O) groups excluding carboxylic acids is 1. The molecule has 0 unspecified atom stereocenters. The van der Waals surface area contributed by atoms with Crippen LogP contribution in [0.2, 0.25) is 0 Å². The summed E-state index contributed by atoms with van der Waals surface area (Å²) >= 11 is 0. The van der Waals surface area contributed by atoms with Crippen LogP contribution in [0.5, 0.6) is 0 Å². The lowest BCUT2D eigenvalue weighted by Gasteiger charge is -2.37. The molecule has 1 aromatic heterocycles. The molecule has 35 heavy (non-hydrogen) atoms. The van der Waals surface area contributed by atoms with Crippen molar-refractivity contribution in [3.8, 4) is 0 Å². The van der Waals surface area contributed by atoms with Crippen molar-refractivity contribution in [2.24, 2.45) is 0 Å². The fourth-order valence-electron chi connectivity index (χ4n) is 4.94. The van der Waals surface area contributed by atoms with Crippen LogP contribution in [0.15, 0.2) is 18.2 Å². The largest absolute Gasteiger partial charge is 0.419 e. The normalized spacial score (nSPS) is 21.5. The zero-order valence-corrected chi connectivity index (χ0v) is 20.0. The Morgan fingerprint density at radius 2 is 1.94 bits per heavy atom. The van der Waals surface area contributed by atoms with Crippen molar-refractivity contribution in [2.75, 3.05) is 37.6 Å². The van der Waals surface area contributed by atoms with Gasteiger partial charge in [-0.2, -0.15) is 18.3 Å². The lowest BCUT2D eigenvalue weighted by Crippen LogP contribution is -2.51. The van der Waals surface area contributed by atoms with E-state index in [1.165, 1.54) is 6.07 Å². The summed E-state index contributed by atoms with van der Waals surface area (Å²) in [6.07, 6.45) is -4.71. The third kappa shape index (κ3) is 5.16. The topological polar surface area (TPSA) is 84.5 Å². The number of carbonyl (C=O) groups is 1. The van der Waals surface area contributed by atoms with Gasteiger partial charge in [0.1, 0.15) is 5.82 Å². The van der Waals surface area contributed by atoms with Gasteiger partial charge in [0.15, 0.2) is 5.82 Å². The minimum absolute atomic E-state index is 0.0422. The van der Waals surface area contributed by atoms with Gasteiger partial charge in [0, 0.05) is 44.3 Å². The first-order chi connectivity index (χ1) is 16.5. The number of H-pyrrole nitrogens is 1. The number of rotatable bonds is 6. The summed E-state index contributed by atoms with van der Waals surface area (Å²) in [6.45, 7) is 7.88. The van der Waals surface area contributed by atoms with Crippen LogP contribution in [0.1, 0.15) is 67.5 Å². The van der Waals surface area contributed by atoms with Crippen molar-refractivity contribution >= 4 is 11.7 Å². The summed E-state index contributed by atoms with van der Waals surface area (Å²) in [4.78, 5) is 17.2. The predicted molar refractivity (Wildman–Crippen MR) is 123 cm³/mol. The maximum Gasteiger partial charge on any atom is 0.419 e. The summed E-state index contributed by atoms with van der Waals surface area (Å²) in [6, 6.07) is 2.75. The second-order valence-electron chi connectivity index (χ2n) is 9.69. The van der Waals surface area contributed by atoms with E-state index in [1.807, 2.05) is 20.8 Å². The van der Waals surface area contributed by atoms with E-state index in [-0.39, 0.29) is 30.0 Å². The Morgan fingerprint density at radius 3 is 2.54 bits per heavy atom. The number of anilines is 1. The van der Waals surface area contributed by atoms with Crippen LogP contribution in [-0.2, 0) is 11.0 Å². The first-order valence-electron chi connectivity index (χ1n) is 11.9. The molecule has 2 aromatic rings. The number of halogens is 4. The van der Waals surface area contributed by atoms with E-state index in [4.69, 9.17) is 0 Å². The number of hydrogen-bond acceptors (Lipinski definition) is 5. The van der Waals surface area contributed by atoms with Crippen molar-refractivity contribution < 1.29 is 27.5 Å². The van der Waals surface area contributed by atoms with Crippen LogP contribution in [0, 0.1) is 5.82 Å². The Hall–Kier alpha value is -2.66. The summed E-state index contributed by atoms with van der Waals surface area (Å²) in [5.74, 6) is -1.49. The van der Waals surface area contributed by atoms with Gasteiger partial charge < -0.3 is 20.2 Å². The molecule has 1 fully saturated rings. The lowest BCUT2D eigenvalue weighted by atomic mass is 9.95. The van der Waals surface area contributed by atoms with Gasteiger partial charge >= 0.3 is 6.18 Å². The molecule has 1 aliphatic carbocycles. The van der Waals surface area contributed by atoms with E-state index in [2.05, 4.69) is 20.4 Å². The molecule has 7 nitrogen and oxygen atoms in total. The number of amides is 1. The van der Waals surface area contributed by atoms with Crippen LogP contribution in [0.25, 0.3) is 0 Å². The minimum atomic E-state index is -4.80. The fourth-order valence-corrected chi connectivity index (χ4v) is 4.94. The molecular weight excluding hydrogens is 466 g/mol. The Bertz CT molecular complexity index is 1060. The molecule has 11 heteroatoms. The number of hydrogen-bond donors (Lipinski definition) is 3. The van der Waals surface area contributed by atoms with Gasteiger partial charge in [-0.15, -0.1) is 0 Å². The Morgan fingerprint density at radius 1 is 1.26 bits per heavy atom.